The van der Waals surface area contributed by atoms with Gasteiger partial charge in [-0.1, -0.05) is 24.3 Å². The lowest BCUT2D eigenvalue weighted by Gasteiger charge is -2.12. The van der Waals surface area contributed by atoms with E-state index in [2.05, 4.69) is 0 Å². The van der Waals surface area contributed by atoms with Gasteiger partial charge in [-0.25, -0.2) is 9.59 Å². The first kappa shape index (κ1) is 23.7. The van der Waals surface area contributed by atoms with Crippen LogP contribution in [0, 0.1) is 20.2 Å². The van der Waals surface area contributed by atoms with Gasteiger partial charge >= 0.3 is 11.9 Å². The molecule has 0 saturated carbocycles. The summed E-state index contributed by atoms with van der Waals surface area (Å²) in [6, 6.07) is 16.4. The maximum absolute atomic E-state index is 12.0. The molecule has 0 saturated heterocycles. The molecule has 12 heteroatoms. The zero-order valence-corrected chi connectivity index (χ0v) is 17.3. The van der Waals surface area contributed by atoms with E-state index in [-0.39, 0.29) is 34.4 Å². The van der Waals surface area contributed by atoms with Crippen molar-refractivity contribution in [2.75, 3.05) is 13.2 Å². The molecule has 3 rings (SSSR count). The average molecular weight is 468 g/mol. The summed E-state index contributed by atoms with van der Waals surface area (Å²) in [5.74, 6) is -1.42. The Morgan fingerprint density at radius 2 is 1.06 bits per heavy atom. The number of non-ortho nitro benzene ring substituents is 2. The number of nitro groups is 2. The van der Waals surface area contributed by atoms with E-state index in [9.17, 15) is 29.8 Å². The number of nitrogens with zero attached hydrogens (tertiary/aromatic N) is 2. The molecule has 0 heterocycles. The van der Waals surface area contributed by atoms with Gasteiger partial charge in [0.2, 0.25) is 0 Å². The molecule has 0 atom stereocenters. The fraction of sp³-hybridized carbons (Fsp3) is 0.0909. The molecule has 0 aliphatic heterocycles. The molecule has 0 bridgehead atoms. The first-order valence-corrected chi connectivity index (χ1v) is 9.57. The van der Waals surface area contributed by atoms with E-state index < -0.39 is 35.0 Å². The van der Waals surface area contributed by atoms with Crippen LogP contribution in [-0.4, -0.2) is 35.0 Å². The number of rotatable bonds is 10. The van der Waals surface area contributed by atoms with Gasteiger partial charge < -0.3 is 18.9 Å². The third-order valence-electron chi connectivity index (χ3n) is 4.06. The predicted molar refractivity (Wildman–Crippen MR) is 115 cm³/mol. The monoisotopic (exact) mass is 468 g/mol. The van der Waals surface area contributed by atoms with Crippen molar-refractivity contribution < 1.29 is 38.4 Å². The van der Waals surface area contributed by atoms with E-state index in [1.54, 1.807) is 12.1 Å². The van der Waals surface area contributed by atoms with Crippen molar-refractivity contribution in [2.45, 2.75) is 0 Å². The summed E-state index contributed by atoms with van der Waals surface area (Å²) in [5.41, 5.74) is -0.469. The van der Waals surface area contributed by atoms with Crippen LogP contribution in [0.1, 0.15) is 0 Å². The number of benzene rings is 3. The summed E-state index contributed by atoms with van der Waals surface area (Å²) < 4.78 is 20.8. The molecule has 0 aromatic heterocycles. The lowest BCUT2D eigenvalue weighted by Crippen LogP contribution is -2.19. The largest absolute Gasteiger partial charge is 0.478 e. The topological polar surface area (TPSA) is 157 Å². The Balaban J connectivity index is 1.54. The second kappa shape index (κ2) is 11.0. The molecule has 0 amide bonds. The molecule has 0 unspecified atom stereocenters. The second-order valence-electron chi connectivity index (χ2n) is 6.48. The van der Waals surface area contributed by atoms with Gasteiger partial charge in [-0.2, -0.15) is 0 Å². The van der Waals surface area contributed by atoms with Gasteiger partial charge in [-0.3, -0.25) is 20.2 Å². The molecular formula is C22H16N2O10. The molecule has 12 nitrogen and oxygen atoms in total. The van der Waals surface area contributed by atoms with Gasteiger partial charge in [0.1, 0.15) is 11.5 Å². The number of ether oxygens (including phenoxy) is 4. The molecule has 3 aromatic carbocycles. The minimum Gasteiger partial charge on any atom is -0.478 e. The smallest absolute Gasteiger partial charge is 0.349 e. The summed E-state index contributed by atoms with van der Waals surface area (Å²) in [6.07, 6.45) is 0. The highest BCUT2D eigenvalue weighted by molar-refractivity contribution is 5.75. The Morgan fingerprint density at radius 3 is 1.44 bits per heavy atom. The van der Waals surface area contributed by atoms with Gasteiger partial charge in [0, 0.05) is 12.1 Å². The molecule has 0 aliphatic carbocycles. The van der Waals surface area contributed by atoms with E-state index in [4.69, 9.17) is 18.9 Å². The van der Waals surface area contributed by atoms with Crippen molar-refractivity contribution in [3.63, 3.8) is 0 Å². The van der Waals surface area contributed by atoms with Crippen LogP contribution in [0.25, 0.3) is 0 Å². The van der Waals surface area contributed by atoms with Crippen LogP contribution >= 0.6 is 0 Å². The number of esters is 2. The molecule has 0 radical (unpaired) electrons. The Hall–Kier alpha value is -5.00. The van der Waals surface area contributed by atoms with Gasteiger partial charge in [-0.05, 0) is 24.3 Å². The maximum atomic E-state index is 12.0. The Kier molecular flexibility index (Phi) is 7.68. The summed E-state index contributed by atoms with van der Waals surface area (Å²) in [6.45, 7) is -1.08. The highest BCUT2D eigenvalue weighted by Gasteiger charge is 2.14. The zero-order chi connectivity index (χ0) is 24.5. The van der Waals surface area contributed by atoms with Crippen LogP contribution in [0.4, 0.5) is 11.4 Å². The van der Waals surface area contributed by atoms with E-state index in [1.807, 2.05) is 0 Å². The van der Waals surface area contributed by atoms with Crippen molar-refractivity contribution in [2.24, 2.45) is 0 Å². The average Bonchev–Trinajstić information content (AvgIpc) is 2.82. The van der Waals surface area contributed by atoms with E-state index in [0.717, 1.165) is 12.1 Å². The van der Waals surface area contributed by atoms with Crippen molar-refractivity contribution in [1.82, 2.24) is 0 Å². The third-order valence-corrected chi connectivity index (χ3v) is 4.06. The first-order valence-electron chi connectivity index (χ1n) is 9.57. The Morgan fingerprint density at radius 1 is 0.647 bits per heavy atom. The van der Waals surface area contributed by atoms with Crippen molar-refractivity contribution in [3.05, 3.63) is 93.0 Å². The fourth-order valence-corrected chi connectivity index (χ4v) is 2.60. The third kappa shape index (κ3) is 6.75. The molecule has 0 fully saturated rings. The highest BCUT2D eigenvalue weighted by Crippen LogP contribution is 2.27. The lowest BCUT2D eigenvalue weighted by atomic mass is 10.3. The molecule has 0 spiro atoms. The van der Waals surface area contributed by atoms with Crippen LogP contribution in [-0.2, 0) is 9.59 Å². The second-order valence-corrected chi connectivity index (χ2v) is 6.48. The van der Waals surface area contributed by atoms with Crippen LogP contribution in [0.3, 0.4) is 0 Å². The number of para-hydroxylation sites is 2. The molecule has 34 heavy (non-hydrogen) atoms. The zero-order valence-electron chi connectivity index (χ0n) is 17.3. The minimum absolute atomic E-state index is 0.0174. The van der Waals surface area contributed by atoms with Crippen molar-refractivity contribution >= 4 is 23.3 Å². The van der Waals surface area contributed by atoms with Crippen molar-refractivity contribution in [1.29, 1.82) is 0 Å². The predicted octanol–water partition coefficient (Wildman–Crippen LogP) is 3.47. The number of carbonyl (C=O) groups is 2. The molecular weight excluding hydrogens is 452 g/mol. The Labute approximate surface area is 191 Å². The molecule has 3 aromatic rings. The van der Waals surface area contributed by atoms with Gasteiger partial charge in [0.25, 0.3) is 11.4 Å². The molecule has 0 N–H and O–H groups in total. The van der Waals surface area contributed by atoms with E-state index >= 15 is 0 Å². The lowest BCUT2D eigenvalue weighted by molar-refractivity contribution is -0.385. The number of nitro benzene ring substituents is 2. The van der Waals surface area contributed by atoms with Crippen molar-refractivity contribution in [3.8, 4) is 23.0 Å². The van der Waals surface area contributed by atoms with Crippen LogP contribution < -0.4 is 18.9 Å². The minimum atomic E-state index is -0.819. The number of carbonyl (C=O) groups excluding carboxylic acids is 2. The normalized spacial score (nSPS) is 10.1. The van der Waals surface area contributed by atoms with Gasteiger partial charge in [0.05, 0.1) is 22.0 Å². The summed E-state index contributed by atoms with van der Waals surface area (Å²) in [7, 11) is 0. The van der Waals surface area contributed by atoms with E-state index in [1.165, 1.54) is 48.5 Å². The maximum Gasteiger partial charge on any atom is 0.349 e. The Bertz CT molecular complexity index is 1130. The molecule has 0 aliphatic rings. The molecule has 174 valence electrons. The summed E-state index contributed by atoms with van der Waals surface area (Å²) in [4.78, 5) is 44.5. The fourth-order valence-electron chi connectivity index (χ4n) is 2.60. The number of hydrogen-bond donors (Lipinski definition) is 0. The van der Waals surface area contributed by atoms with Crippen LogP contribution in [0.2, 0.25) is 0 Å². The highest BCUT2D eigenvalue weighted by atomic mass is 16.6. The van der Waals surface area contributed by atoms with Gasteiger partial charge in [0.15, 0.2) is 24.7 Å². The van der Waals surface area contributed by atoms with E-state index in [0.29, 0.717) is 0 Å². The SMILES string of the molecule is O=C(COc1ccccc1OCC(=O)Oc1cccc([N+](=O)[O-])c1)Oc1cccc([N+](=O)[O-])c1. The number of hydrogen-bond acceptors (Lipinski definition) is 10. The van der Waals surface area contributed by atoms with Crippen LogP contribution in [0.5, 0.6) is 23.0 Å². The first-order chi connectivity index (χ1) is 16.3. The summed E-state index contributed by atoms with van der Waals surface area (Å²) in [5, 5.41) is 21.6. The summed E-state index contributed by atoms with van der Waals surface area (Å²) >= 11 is 0. The van der Waals surface area contributed by atoms with Crippen LogP contribution in [0.15, 0.2) is 72.8 Å². The standard InChI is InChI=1S/C22H16N2O10/c25-21(33-17-7-3-5-15(11-17)23(27)28)13-31-19-9-1-2-10-20(19)32-14-22(26)34-18-8-4-6-16(12-18)24(29)30/h1-12H,13-14H2. The van der Waals surface area contributed by atoms with Gasteiger partial charge in [-0.15, -0.1) is 0 Å². The quantitative estimate of drug-likeness (QED) is 0.187.